The number of hydrogen-bond donors (Lipinski definition) is 1. The van der Waals surface area contributed by atoms with Crippen LogP contribution in [0.3, 0.4) is 0 Å². The standard InChI is InChI=1S/C12H19ClN4O/c1-10-11(13)15-9-16-12(10)14-3-2-4-17-5-7-18-8-6-17/h9H,2-8H2,1H3,(H,14,15,16). The van der Waals surface area contributed by atoms with Gasteiger partial charge in [-0.2, -0.15) is 0 Å². The fourth-order valence-corrected chi connectivity index (χ4v) is 2.07. The molecule has 0 atom stereocenters. The molecule has 5 nitrogen and oxygen atoms in total. The van der Waals surface area contributed by atoms with Crippen molar-refractivity contribution >= 4 is 17.4 Å². The van der Waals surface area contributed by atoms with Crippen LogP contribution in [0.1, 0.15) is 12.0 Å². The topological polar surface area (TPSA) is 50.3 Å². The Labute approximate surface area is 113 Å². The molecule has 2 rings (SSSR count). The van der Waals surface area contributed by atoms with Crippen LogP contribution in [-0.4, -0.2) is 54.3 Å². The maximum Gasteiger partial charge on any atom is 0.137 e. The molecular formula is C12H19ClN4O. The Bertz CT molecular complexity index is 382. The monoisotopic (exact) mass is 270 g/mol. The van der Waals surface area contributed by atoms with Gasteiger partial charge in [-0.25, -0.2) is 9.97 Å². The Morgan fingerprint density at radius 2 is 2.17 bits per heavy atom. The summed E-state index contributed by atoms with van der Waals surface area (Å²) in [5, 5.41) is 3.81. The average molecular weight is 271 g/mol. The molecule has 1 saturated heterocycles. The fraction of sp³-hybridized carbons (Fsp3) is 0.667. The maximum absolute atomic E-state index is 5.94. The van der Waals surface area contributed by atoms with Gasteiger partial charge in [-0.3, -0.25) is 4.90 Å². The molecule has 0 saturated carbocycles. The molecule has 0 aromatic carbocycles. The van der Waals surface area contributed by atoms with Crippen LogP contribution in [0, 0.1) is 6.92 Å². The number of anilines is 1. The van der Waals surface area contributed by atoms with Crippen molar-refractivity contribution in [3.05, 3.63) is 17.0 Å². The number of aromatic nitrogens is 2. The van der Waals surface area contributed by atoms with E-state index in [0.717, 1.165) is 57.2 Å². The van der Waals surface area contributed by atoms with Crippen LogP contribution in [0.4, 0.5) is 5.82 Å². The number of halogens is 1. The summed E-state index contributed by atoms with van der Waals surface area (Å²) in [6, 6.07) is 0. The largest absolute Gasteiger partial charge is 0.379 e. The van der Waals surface area contributed by atoms with Crippen molar-refractivity contribution in [2.24, 2.45) is 0 Å². The minimum Gasteiger partial charge on any atom is -0.379 e. The molecule has 1 aromatic rings. The predicted molar refractivity (Wildman–Crippen MR) is 72.1 cm³/mol. The van der Waals surface area contributed by atoms with Crippen molar-refractivity contribution < 1.29 is 4.74 Å². The molecule has 0 bridgehead atoms. The molecule has 0 aliphatic carbocycles. The van der Waals surface area contributed by atoms with Gasteiger partial charge in [-0.15, -0.1) is 0 Å². The molecule has 6 heteroatoms. The van der Waals surface area contributed by atoms with Gasteiger partial charge in [0.25, 0.3) is 0 Å². The summed E-state index contributed by atoms with van der Waals surface area (Å²) in [7, 11) is 0. The van der Waals surface area contributed by atoms with E-state index in [1.807, 2.05) is 6.92 Å². The van der Waals surface area contributed by atoms with Crippen molar-refractivity contribution in [2.45, 2.75) is 13.3 Å². The van der Waals surface area contributed by atoms with E-state index in [9.17, 15) is 0 Å². The van der Waals surface area contributed by atoms with Crippen LogP contribution in [0.15, 0.2) is 6.33 Å². The number of morpholine rings is 1. The van der Waals surface area contributed by atoms with Gasteiger partial charge in [-0.1, -0.05) is 11.6 Å². The van der Waals surface area contributed by atoms with Crippen LogP contribution in [-0.2, 0) is 4.74 Å². The number of nitrogens with one attached hydrogen (secondary N) is 1. The van der Waals surface area contributed by atoms with E-state index < -0.39 is 0 Å². The second-order valence-corrected chi connectivity index (χ2v) is 4.73. The highest BCUT2D eigenvalue weighted by Gasteiger charge is 2.09. The second-order valence-electron chi connectivity index (χ2n) is 4.37. The van der Waals surface area contributed by atoms with Crippen molar-refractivity contribution in [3.8, 4) is 0 Å². The lowest BCUT2D eigenvalue weighted by Gasteiger charge is -2.26. The molecule has 1 aliphatic rings. The zero-order chi connectivity index (χ0) is 12.8. The van der Waals surface area contributed by atoms with Crippen molar-refractivity contribution in [3.63, 3.8) is 0 Å². The molecule has 100 valence electrons. The summed E-state index contributed by atoms with van der Waals surface area (Å²) in [6.07, 6.45) is 2.57. The molecule has 1 fully saturated rings. The van der Waals surface area contributed by atoms with Crippen LogP contribution in [0.25, 0.3) is 0 Å². The lowest BCUT2D eigenvalue weighted by Crippen LogP contribution is -2.37. The molecule has 0 radical (unpaired) electrons. The Balaban J connectivity index is 1.70. The summed E-state index contributed by atoms with van der Waals surface area (Å²) in [6.45, 7) is 7.70. The molecule has 0 spiro atoms. The number of hydrogen-bond acceptors (Lipinski definition) is 5. The lowest BCUT2D eigenvalue weighted by molar-refractivity contribution is 0.0378. The number of ether oxygens (including phenoxy) is 1. The van der Waals surface area contributed by atoms with E-state index in [1.54, 1.807) is 0 Å². The first kappa shape index (κ1) is 13.5. The molecule has 1 aliphatic heterocycles. The third kappa shape index (κ3) is 3.80. The van der Waals surface area contributed by atoms with E-state index in [-0.39, 0.29) is 0 Å². The molecule has 0 amide bonds. The first-order valence-corrected chi connectivity index (χ1v) is 6.66. The molecule has 18 heavy (non-hydrogen) atoms. The van der Waals surface area contributed by atoms with Crippen molar-refractivity contribution in [2.75, 3.05) is 44.7 Å². The first-order valence-electron chi connectivity index (χ1n) is 6.28. The van der Waals surface area contributed by atoms with Crippen LogP contribution >= 0.6 is 11.6 Å². The quantitative estimate of drug-likeness (QED) is 0.650. The summed E-state index contributed by atoms with van der Waals surface area (Å²) >= 11 is 5.94. The summed E-state index contributed by atoms with van der Waals surface area (Å²) in [5.74, 6) is 0.831. The Kier molecular flexibility index (Phi) is 5.16. The van der Waals surface area contributed by atoms with E-state index >= 15 is 0 Å². The Morgan fingerprint density at radius 1 is 1.39 bits per heavy atom. The van der Waals surface area contributed by atoms with Gasteiger partial charge >= 0.3 is 0 Å². The third-order valence-electron chi connectivity index (χ3n) is 3.07. The van der Waals surface area contributed by atoms with Crippen LogP contribution in [0.2, 0.25) is 5.15 Å². The van der Waals surface area contributed by atoms with Gasteiger partial charge in [0.15, 0.2) is 0 Å². The third-order valence-corrected chi connectivity index (χ3v) is 3.45. The normalized spacial score (nSPS) is 16.8. The van der Waals surface area contributed by atoms with E-state index in [1.165, 1.54) is 6.33 Å². The van der Waals surface area contributed by atoms with Gasteiger partial charge in [-0.05, 0) is 19.9 Å². The van der Waals surface area contributed by atoms with Gasteiger partial charge < -0.3 is 10.1 Å². The van der Waals surface area contributed by atoms with E-state index in [2.05, 4.69) is 20.2 Å². The van der Waals surface area contributed by atoms with Gasteiger partial charge in [0.1, 0.15) is 17.3 Å². The molecule has 0 unspecified atom stereocenters. The Morgan fingerprint density at radius 3 is 2.94 bits per heavy atom. The lowest BCUT2D eigenvalue weighted by atomic mass is 10.3. The zero-order valence-electron chi connectivity index (χ0n) is 10.7. The van der Waals surface area contributed by atoms with Crippen LogP contribution < -0.4 is 5.32 Å². The smallest absolute Gasteiger partial charge is 0.137 e. The average Bonchev–Trinajstić information content (AvgIpc) is 2.40. The second kappa shape index (κ2) is 6.87. The van der Waals surface area contributed by atoms with Crippen molar-refractivity contribution in [1.29, 1.82) is 0 Å². The summed E-state index contributed by atoms with van der Waals surface area (Å²) in [4.78, 5) is 10.5. The van der Waals surface area contributed by atoms with Gasteiger partial charge in [0.05, 0.1) is 13.2 Å². The highest BCUT2D eigenvalue weighted by atomic mass is 35.5. The molecular weight excluding hydrogens is 252 g/mol. The van der Waals surface area contributed by atoms with Crippen LogP contribution in [0.5, 0.6) is 0 Å². The molecule has 2 heterocycles. The summed E-state index contributed by atoms with van der Waals surface area (Å²) < 4.78 is 5.32. The number of rotatable bonds is 5. The Hall–Kier alpha value is -0.910. The highest BCUT2D eigenvalue weighted by molar-refractivity contribution is 6.30. The zero-order valence-corrected chi connectivity index (χ0v) is 11.4. The first-order chi connectivity index (χ1) is 8.77. The SMILES string of the molecule is Cc1c(Cl)ncnc1NCCCN1CCOCC1. The fourth-order valence-electron chi connectivity index (χ4n) is 1.94. The van der Waals surface area contributed by atoms with E-state index in [0.29, 0.717) is 5.15 Å². The van der Waals surface area contributed by atoms with Gasteiger partial charge in [0, 0.05) is 25.2 Å². The molecule has 1 aromatic heterocycles. The number of nitrogens with zero attached hydrogens (tertiary/aromatic N) is 3. The van der Waals surface area contributed by atoms with Crippen molar-refractivity contribution in [1.82, 2.24) is 14.9 Å². The predicted octanol–water partition coefficient (Wildman–Crippen LogP) is 1.57. The van der Waals surface area contributed by atoms with Gasteiger partial charge in [0.2, 0.25) is 0 Å². The minimum atomic E-state index is 0.515. The molecule has 1 N–H and O–H groups in total. The maximum atomic E-state index is 5.94. The minimum absolute atomic E-state index is 0.515. The van der Waals surface area contributed by atoms with E-state index in [4.69, 9.17) is 16.3 Å². The summed E-state index contributed by atoms with van der Waals surface area (Å²) in [5.41, 5.74) is 0.908. The highest BCUT2D eigenvalue weighted by Crippen LogP contribution is 2.17.